The smallest absolute Gasteiger partial charge is 0.223 e. The quantitative estimate of drug-likeness (QED) is 0.720. The van der Waals surface area contributed by atoms with E-state index in [0.717, 1.165) is 27.2 Å². The zero-order valence-electron chi connectivity index (χ0n) is 10.8. The highest BCUT2D eigenvalue weighted by molar-refractivity contribution is 8.01. The Labute approximate surface area is 124 Å². The number of nitrogen functional groups attached to an aromatic ring is 1. The Balaban J connectivity index is 1.90. The molecule has 0 unspecified atom stereocenters. The zero-order valence-corrected chi connectivity index (χ0v) is 12.5. The molecule has 102 valence electrons. The summed E-state index contributed by atoms with van der Waals surface area (Å²) in [5, 5.41) is 3.94. The molecular formula is C13H13N5S2. The number of hydrogen-bond acceptors (Lipinski definition) is 7. The van der Waals surface area contributed by atoms with Crippen LogP contribution in [-0.2, 0) is 0 Å². The number of hydrogen-bond donors (Lipinski definition) is 2. The molecule has 0 spiro atoms. The van der Waals surface area contributed by atoms with Gasteiger partial charge in [0.25, 0.3) is 0 Å². The van der Waals surface area contributed by atoms with Crippen LogP contribution in [0, 0.1) is 0 Å². The third-order valence-electron chi connectivity index (χ3n) is 2.54. The molecule has 7 heteroatoms. The minimum atomic E-state index is 0.270. The number of fused-ring (bicyclic) bond motifs is 1. The molecule has 3 rings (SSSR count). The fourth-order valence-corrected chi connectivity index (χ4v) is 3.77. The first-order chi connectivity index (χ1) is 9.74. The van der Waals surface area contributed by atoms with Crippen molar-refractivity contribution in [2.45, 2.75) is 16.3 Å². The van der Waals surface area contributed by atoms with Crippen LogP contribution in [0.1, 0.15) is 6.92 Å². The van der Waals surface area contributed by atoms with E-state index in [1.54, 1.807) is 11.3 Å². The largest absolute Gasteiger partial charge is 0.370 e. The van der Waals surface area contributed by atoms with Gasteiger partial charge in [0.1, 0.15) is 10.8 Å². The lowest BCUT2D eigenvalue weighted by Gasteiger charge is -2.04. The van der Waals surface area contributed by atoms with E-state index >= 15 is 0 Å². The number of anilines is 2. The molecule has 0 aliphatic rings. The van der Waals surface area contributed by atoms with Crippen molar-refractivity contribution in [1.82, 2.24) is 15.0 Å². The fourth-order valence-electron chi connectivity index (χ4n) is 1.75. The summed E-state index contributed by atoms with van der Waals surface area (Å²) in [5.41, 5.74) is 6.73. The van der Waals surface area contributed by atoms with Gasteiger partial charge in [0.2, 0.25) is 5.95 Å². The molecule has 5 nitrogen and oxygen atoms in total. The Kier molecular flexibility index (Phi) is 3.70. The summed E-state index contributed by atoms with van der Waals surface area (Å²) in [6, 6.07) is 9.96. The van der Waals surface area contributed by atoms with Crippen LogP contribution in [0.3, 0.4) is 0 Å². The topological polar surface area (TPSA) is 76.7 Å². The number of rotatable bonds is 4. The van der Waals surface area contributed by atoms with E-state index in [-0.39, 0.29) is 5.95 Å². The summed E-state index contributed by atoms with van der Waals surface area (Å²) in [6.07, 6.45) is 0. The van der Waals surface area contributed by atoms with Crippen molar-refractivity contribution in [2.75, 3.05) is 17.6 Å². The summed E-state index contributed by atoms with van der Waals surface area (Å²) in [5.74, 6) is 1.01. The molecule has 0 amide bonds. The van der Waals surface area contributed by atoms with Crippen molar-refractivity contribution in [3.63, 3.8) is 0 Å². The number of nitrogens with one attached hydrogen (secondary N) is 1. The molecule has 2 aromatic heterocycles. The Bertz CT molecular complexity index is 707. The second kappa shape index (κ2) is 5.64. The van der Waals surface area contributed by atoms with Crippen molar-refractivity contribution < 1.29 is 0 Å². The van der Waals surface area contributed by atoms with E-state index in [0.29, 0.717) is 0 Å². The van der Waals surface area contributed by atoms with Crippen molar-refractivity contribution in [3.8, 4) is 0 Å². The SMILES string of the molecule is CCNc1cc(Sc2nc3ccccc3s2)nc(N)n1. The van der Waals surface area contributed by atoms with Crippen LogP contribution in [0.4, 0.5) is 11.8 Å². The summed E-state index contributed by atoms with van der Waals surface area (Å²) >= 11 is 3.15. The van der Waals surface area contributed by atoms with Gasteiger partial charge < -0.3 is 11.1 Å². The standard InChI is InChI=1S/C13H13N5S2/c1-2-15-10-7-11(18-12(14)17-10)20-13-16-8-5-3-4-6-9(8)19-13/h3-7H,2H2,1H3,(H3,14,15,17,18). The summed E-state index contributed by atoms with van der Waals surface area (Å²) in [6.45, 7) is 2.81. The Morgan fingerprint density at radius 1 is 1.25 bits per heavy atom. The molecule has 20 heavy (non-hydrogen) atoms. The maximum Gasteiger partial charge on any atom is 0.223 e. The zero-order chi connectivity index (χ0) is 13.9. The van der Waals surface area contributed by atoms with Crippen LogP contribution >= 0.6 is 23.1 Å². The van der Waals surface area contributed by atoms with Crippen LogP contribution in [-0.4, -0.2) is 21.5 Å². The predicted molar refractivity (Wildman–Crippen MR) is 84.4 cm³/mol. The molecule has 3 aromatic rings. The van der Waals surface area contributed by atoms with Gasteiger partial charge in [0.15, 0.2) is 4.34 Å². The number of nitrogens with zero attached hydrogens (tertiary/aromatic N) is 3. The lowest BCUT2D eigenvalue weighted by molar-refractivity contribution is 1.04. The first-order valence-corrected chi connectivity index (χ1v) is 7.80. The van der Waals surface area contributed by atoms with E-state index in [1.807, 2.05) is 31.2 Å². The molecule has 0 radical (unpaired) electrons. The molecule has 0 saturated carbocycles. The van der Waals surface area contributed by atoms with E-state index in [2.05, 4.69) is 26.3 Å². The van der Waals surface area contributed by atoms with Crippen molar-refractivity contribution >= 4 is 45.1 Å². The van der Waals surface area contributed by atoms with Crippen LogP contribution in [0.15, 0.2) is 39.7 Å². The summed E-state index contributed by atoms with van der Waals surface area (Å²) < 4.78 is 2.12. The number of nitrogens with two attached hydrogens (primary N) is 1. The molecule has 0 aliphatic carbocycles. The molecule has 1 aromatic carbocycles. The first-order valence-electron chi connectivity index (χ1n) is 6.16. The highest BCUT2D eigenvalue weighted by Gasteiger charge is 2.08. The highest BCUT2D eigenvalue weighted by atomic mass is 32.2. The monoisotopic (exact) mass is 303 g/mol. The van der Waals surface area contributed by atoms with Crippen LogP contribution in [0.5, 0.6) is 0 Å². The Morgan fingerprint density at radius 2 is 2.10 bits per heavy atom. The van der Waals surface area contributed by atoms with Gasteiger partial charge in [-0.25, -0.2) is 9.97 Å². The lowest BCUT2D eigenvalue weighted by atomic mass is 10.3. The first kappa shape index (κ1) is 13.1. The molecule has 0 aliphatic heterocycles. The maximum atomic E-state index is 5.73. The number of benzene rings is 1. The van der Waals surface area contributed by atoms with Gasteiger partial charge in [-0.2, -0.15) is 4.98 Å². The third kappa shape index (κ3) is 2.83. The normalized spacial score (nSPS) is 10.8. The Hall–Kier alpha value is -1.86. The predicted octanol–water partition coefficient (Wildman–Crippen LogP) is 3.25. The lowest BCUT2D eigenvalue weighted by Crippen LogP contribution is -2.03. The van der Waals surface area contributed by atoms with Crippen molar-refractivity contribution in [1.29, 1.82) is 0 Å². The average Bonchev–Trinajstić information content (AvgIpc) is 2.80. The summed E-state index contributed by atoms with van der Waals surface area (Å²) in [7, 11) is 0. The van der Waals surface area contributed by atoms with Gasteiger partial charge >= 0.3 is 0 Å². The van der Waals surface area contributed by atoms with Crippen LogP contribution in [0.25, 0.3) is 10.2 Å². The van der Waals surface area contributed by atoms with Gasteiger partial charge in [-0.3, -0.25) is 0 Å². The fraction of sp³-hybridized carbons (Fsp3) is 0.154. The van der Waals surface area contributed by atoms with Crippen molar-refractivity contribution in [3.05, 3.63) is 30.3 Å². The average molecular weight is 303 g/mol. The molecule has 0 atom stereocenters. The van der Waals surface area contributed by atoms with Gasteiger partial charge in [-0.15, -0.1) is 11.3 Å². The minimum absolute atomic E-state index is 0.270. The number of thiazole rings is 1. The van der Waals surface area contributed by atoms with E-state index < -0.39 is 0 Å². The molecule has 2 heterocycles. The van der Waals surface area contributed by atoms with E-state index in [1.165, 1.54) is 16.5 Å². The Morgan fingerprint density at radius 3 is 2.90 bits per heavy atom. The molecular weight excluding hydrogens is 290 g/mol. The third-order valence-corrected chi connectivity index (χ3v) is 4.56. The van der Waals surface area contributed by atoms with Gasteiger partial charge in [-0.1, -0.05) is 12.1 Å². The van der Waals surface area contributed by atoms with Crippen molar-refractivity contribution in [2.24, 2.45) is 0 Å². The number of aromatic nitrogens is 3. The van der Waals surface area contributed by atoms with Gasteiger partial charge in [0.05, 0.1) is 10.2 Å². The van der Waals surface area contributed by atoms with Gasteiger partial charge in [0, 0.05) is 12.6 Å². The van der Waals surface area contributed by atoms with Gasteiger partial charge in [-0.05, 0) is 30.8 Å². The molecule has 0 fully saturated rings. The summed E-state index contributed by atoms with van der Waals surface area (Å²) in [4.78, 5) is 12.9. The molecule has 3 N–H and O–H groups in total. The van der Waals surface area contributed by atoms with Crippen LogP contribution < -0.4 is 11.1 Å². The van der Waals surface area contributed by atoms with Crippen LogP contribution in [0.2, 0.25) is 0 Å². The van der Waals surface area contributed by atoms with E-state index in [4.69, 9.17) is 5.73 Å². The number of para-hydroxylation sites is 1. The molecule has 0 bridgehead atoms. The second-order valence-electron chi connectivity index (χ2n) is 4.03. The molecule has 0 saturated heterocycles. The highest BCUT2D eigenvalue weighted by Crippen LogP contribution is 2.34. The second-order valence-corrected chi connectivity index (χ2v) is 6.33. The van der Waals surface area contributed by atoms with E-state index in [9.17, 15) is 0 Å². The maximum absolute atomic E-state index is 5.73. The minimum Gasteiger partial charge on any atom is -0.370 e.